The first-order valence-electron chi connectivity index (χ1n) is 5.79. The molecule has 1 heterocycles. The number of hydrogen-bond donors (Lipinski definition) is 2. The second-order valence-corrected chi connectivity index (χ2v) is 4.46. The van der Waals surface area contributed by atoms with Gasteiger partial charge in [-0.05, 0) is 12.1 Å². The van der Waals surface area contributed by atoms with Gasteiger partial charge < -0.3 is 20.8 Å². The largest absolute Gasteiger partial charge is 0.419 e. The van der Waals surface area contributed by atoms with E-state index in [1.807, 2.05) is 30.1 Å². The van der Waals surface area contributed by atoms with E-state index in [2.05, 4.69) is 0 Å². The van der Waals surface area contributed by atoms with Gasteiger partial charge in [0.25, 0.3) is 0 Å². The molecule has 0 radical (unpaired) electrons. The van der Waals surface area contributed by atoms with Crippen LogP contribution in [0.2, 0.25) is 0 Å². The minimum Gasteiger partial charge on any atom is -0.408 e. The average Bonchev–Trinajstić information content (AvgIpc) is 2.64. The Kier molecular flexibility index (Phi) is 3.40. The van der Waals surface area contributed by atoms with E-state index in [4.69, 9.17) is 15.9 Å². The fraction of sp³-hybridized carbons (Fsp3) is 0.417. The third-order valence-corrected chi connectivity index (χ3v) is 3.03. The minimum atomic E-state index is -0.358. The van der Waals surface area contributed by atoms with E-state index in [1.165, 1.54) is 4.57 Å². The molecule has 0 amide bonds. The van der Waals surface area contributed by atoms with Crippen molar-refractivity contribution in [3.63, 3.8) is 0 Å². The Morgan fingerprint density at radius 1 is 1.50 bits per heavy atom. The third kappa shape index (κ3) is 2.25. The number of rotatable bonds is 4. The van der Waals surface area contributed by atoms with Gasteiger partial charge in [0.15, 0.2) is 5.58 Å². The zero-order valence-corrected chi connectivity index (χ0v) is 10.6. The van der Waals surface area contributed by atoms with E-state index in [0.717, 1.165) is 11.2 Å². The zero-order valence-electron chi connectivity index (χ0n) is 10.6. The number of fused-ring (bicyclic) bond motifs is 1. The Morgan fingerprint density at radius 3 is 2.89 bits per heavy atom. The van der Waals surface area contributed by atoms with Crippen LogP contribution in [0.25, 0.3) is 11.1 Å². The standard InChI is InChI=1S/C12H18N4O2/c1-15(7-8(14)6-13)9-3-4-10-11(5-9)18-12(17)16(10)2/h3-5,8H,6-7,13-14H2,1-2H3. The molecule has 0 aliphatic heterocycles. The molecule has 1 atom stereocenters. The van der Waals surface area contributed by atoms with Gasteiger partial charge in [0.1, 0.15) is 0 Å². The van der Waals surface area contributed by atoms with Crippen molar-refractivity contribution in [2.45, 2.75) is 6.04 Å². The molecule has 6 heteroatoms. The normalized spacial score (nSPS) is 12.9. The molecule has 0 saturated heterocycles. The number of hydrogen-bond acceptors (Lipinski definition) is 5. The third-order valence-electron chi connectivity index (χ3n) is 3.03. The number of benzene rings is 1. The van der Waals surface area contributed by atoms with Crippen LogP contribution in [-0.2, 0) is 7.05 Å². The summed E-state index contributed by atoms with van der Waals surface area (Å²) in [4.78, 5) is 13.4. The van der Waals surface area contributed by atoms with E-state index < -0.39 is 0 Å². The van der Waals surface area contributed by atoms with Crippen LogP contribution in [0.1, 0.15) is 0 Å². The summed E-state index contributed by atoms with van der Waals surface area (Å²) < 4.78 is 6.62. The van der Waals surface area contributed by atoms with Gasteiger partial charge in [-0.1, -0.05) is 0 Å². The predicted octanol–water partition coefficient (Wildman–Crippen LogP) is -0.146. The summed E-state index contributed by atoms with van der Waals surface area (Å²) in [7, 11) is 3.61. The summed E-state index contributed by atoms with van der Waals surface area (Å²) in [6, 6.07) is 5.55. The van der Waals surface area contributed by atoms with Crippen LogP contribution in [0.5, 0.6) is 0 Å². The maximum absolute atomic E-state index is 11.4. The molecule has 1 unspecified atom stereocenters. The molecule has 18 heavy (non-hydrogen) atoms. The molecule has 1 aromatic carbocycles. The molecule has 0 fully saturated rings. The molecule has 0 spiro atoms. The number of anilines is 1. The van der Waals surface area contributed by atoms with E-state index >= 15 is 0 Å². The van der Waals surface area contributed by atoms with Gasteiger partial charge in [-0.2, -0.15) is 0 Å². The molecule has 6 nitrogen and oxygen atoms in total. The molecule has 0 bridgehead atoms. The van der Waals surface area contributed by atoms with Crippen LogP contribution in [0.3, 0.4) is 0 Å². The molecule has 1 aromatic heterocycles. The number of aryl methyl sites for hydroxylation is 1. The van der Waals surface area contributed by atoms with Gasteiger partial charge in [0.2, 0.25) is 0 Å². The lowest BCUT2D eigenvalue weighted by molar-refractivity contribution is 0.528. The summed E-state index contributed by atoms with van der Waals surface area (Å²) in [5, 5.41) is 0. The van der Waals surface area contributed by atoms with Crippen LogP contribution in [0.4, 0.5) is 5.69 Å². The van der Waals surface area contributed by atoms with Crippen LogP contribution < -0.4 is 22.1 Å². The first-order valence-corrected chi connectivity index (χ1v) is 5.79. The van der Waals surface area contributed by atoms with Crippen LogP contribution in [0.15, 0.2) is 27.4 Å². The van der Waals surface area contributed by atoms with Crippen LogP contribution >= 0.6 is 0 Å². The Labute approximate surface area is 105 Å². The van der Waals surface area contributed by atoms with Crippen LogP contribution in [-0.4, -0.2) is 30.7 Å². The minimum absolute atomic E-state index is 0.0755. The summed E-state index contributed by atoms with van der Waals surface area (Å²) in [5.74, 6) is -0.358. The molecule has 0 aliphatic rings. The lowest BCUT2D eigenvalue weighted by Gasteiger charge is -2.22. The molecule has 98 valence electrons. The Morgan fingerprint density at radius 2 is 2.22 bits per heavy atom. The SMILES string of the molecule is CN(CC(N)CN)c1ccc2c(c1)oc(=O)n2C. The van der Waals surface area contributed by atoms with E-state index in [1.54, 1.807) is 7.05 Å². The van der Waals surface area contributed by atoms with Crippen molar-refractivity contribution < 1.29 is 4.42 Å². The van der Waals surface area contributed by atoms with Crippen molar-refractivity contribution in [1.82, 2.24) is 4.57 Å². The highest BCUT2D eigenvalue weighted by molar-refractivity contribution is 5.77. The predicted molar refractivity (Wildman–Crippen MR) is 71.8 cm³/mol. The van der Waals surface area contributed by atoms with E-state index in [0.29, 0.717) is 18.7 Å². The van der Waals surface area contributed by atoms with Gasteiger partial charge in [0, 0.05) is 45.0 Å². The van der Waals surface area contributed by atoms with Gasteiger partial charge in [0.05, 0.1) is 5.52 Å². The highest BCUT2D eigenvalue weighted by Crippen LogP contribution is 2.20. The first kappa shape index (κ1) is 12.7. The molecular formula is C12H18N4O2. The Balaban J connectivity index is 2.32. The second-order valence-electron chi connectivity index (χ2n) is 4.46. The second kappa shape index (κ2) is 4.83. The maximum atomic E-state index is 11.4. The summed E-state index contributed by atoms with van der Waals surface area (Å²) in [6.07, 6.45) is 0. The highest BCUT2D eigenvalue weighted by Gasteiger charge is 2.10. The number of oxazole rings is 1. The summed E-state index contributed by atoms with van der Waals surface area (Å²) in [6.45, 7) is 1.09. The van der Waals surface area contributed by atoms with Gasteiger partial charge in [-0.15, -0.1) is 0 Å². The molecule has 2 aromatic rings. The van der Waals surface area contributed by atoms with Crippen molar-refractivity contribution in [3.8, 4) is 0 Å². The van der Waals surface area contributed by atoms with E-state index in [9.17, 15) is 4.79 Å². The fourth-order valence-corrected chi connectivity index (χ4v) is 1.89. The molecule has 4 N–H and O–H groups in total. The smallest absolute Gasteiger partial charge is 0.408 e. The first-order chi connectivity index (χ1) is 8.52. The van der Waals surface area contributed by atoms with Gasteiger partial charge >= 0.3 is 5.76 Å². The number of nitrogens with two attached hydrogens (primary N) is 2. The van der Waals surface area contributed by atoms with Crippen molar-refractivity contribution in [2.24, 2.45) is 18.5 Å². The maximum Gasteiger partial charge on any atom is 0.419 e. The highest BCUT2D eigenvalue weighted by atomic mass is 16.4. The van der Waals surface area contributed by atoms with E-state index in [-0.39, 0.29) is 11.8 Å². The zero-order chi connectivity index (χ0) is 13.3. The van der Waals surface area contributed by atoms with Gasteiger partial charge in [-0.3, -0.25) is 4.57 Å². The fourth-order valence-electron chi connectivity index (χ4n) is 1.89. The van der Waals surface area contributed by atoms with Crippen molar-refractivity contribution in [2.75, 3.05) is 25.0 Å². The monoisotopic (exact) mass is 250 g/mol. The van der Waals surface area contributed by atoms with Gasteiger partial charge in [-0.25, -0.2) is 4.79 Å². The quantitative estimate of drug-likeness (QED) is 0.787. The lowest BCUT2D eigenvalue weighted by atomic mass is 10.2. The number of nitrogens with zero attached hydrogens (tertiary/aromatic N) is 2. The van der Waals surface area contributed by atoms with Crippen molar-refractivity contribution in [1.29, 1.82) is 0 Å². The number of aromatic nitrogens is 1. The van der Waals surface area contributed by atoms with Crippen molar-refractivity contribution >= 4 is 16.8 Å². The molecular weight excluding hydrogens is 232 g/mol. The summed E-state index contributed by atoms with van der Waals surface area (Å²) in [5.41, 5.74) is 13.6. The number of likely N-dealkylation sites (N-methyl/N-ethyl adjacent to an activating group) is 1. The molecule has 0 saturated carbocycles. The lowest BCUT2D eigenvalue weighted by Crippen LogP contribution is -2.40. The average molecular weight is 250 g/mol. The Bertz CT molecular complexity index is 602. The van der Waals surface area contributed by atoms with Crippen molar-refractivity contribution in [3.05, 3.63) is 28.7 Å². The van der Waals surface area contributed by atoms with Crippen LogP contribution in [0, 0.1) is 0 Å². The summed E-state index contributed by atoms with van der Waals surface area (Å²) >= 11 is 0. The Hall–Kier alpha value is -1.79. The molecule has 2 rings (SSSR count). The topological polar surface area (TPSA) is 90.4 Å². The molecule has 0 aliphatic carbocycles.